The van der Waals surface area contributed by atoms with E-state index < -0.39 is 24.3 Å². The van der Waals surface area contributed by atoms with E-state index in [4.69, 9.17) is 0 Å². The lowest BCUT2D eigenvalue weighted by molar-refractivity contribution is -0.0519. The molecule has 0 bridgehead atoms. The smallest absolute Gasteiger partial charge is 0.387 e. The van der Waals surface area contributed by atoms with Crippen LogP contribution in [0.4, 0.5) is 17.6 Å². The molecule has 0 aliphatic carbocycles. The van der Waals surface area contributed by atoms with Gasteiger partial charge in [-0.25, -0.2) is 8.78 Å². The Hall–Kier alpha value is -1.59. The van der Waals surface area contributed by atoms with Crippen molar-refractivity contribution in [2.24, 2.45) is 0 Å². The Balaban J connectivity index is 3.12. The van der Waals surface area contributed by atoms with E-state index in [2.05, 4.69) is 4.74 Å². The standard InChI is InChI=1S/C11H10F4O2/c1-2-8(16)6-3-4-9(17-11(14)15)7(5-6)10(12)13/h3-5,10-11H,2H2,1H3. The predicted molar refractivity (Wildman–Crippen MR) is 52.7 cm³/mol. The van der Waals surface area contributed by atoms with Gasteiger partial charge in [0, 0.05) is 12.0 Å². The van der Waals surface area contributed by atoms with Crippen LogP contribution in [-0.2, 0) is 0 Å². The van der Waals surface area contributed by atoms with Gasteiger partial charge < -0.3 is 4.74 Å². The van der Waals surface area contributed by atoms with E-state index in [1.54, 1.807) is 6.92 Å². The van der Waals surface area contributed by atoms with Crippen LogP contribution in [0, 0.1) is 0 Å². The first-order chi connectivity index (χ1) is 7.95. The van der Waals surface area contributed by atoms with Gasteiger partial charge in [-0.1, -0.05) is 6.92 Å². The lowest BCUT2D eigenvalue weighted by Crippen LogP contribution is -2.06. The van der Waals surface area contributed by atoms with Crippen LogP contribution >= 0.6 is 0 Å². The third-order valence-electron chi connectivity index (χ3n) is 2.10. The van der Waals surface area contributed by atoms with Crippen molar-refractivity contribution in [2.45, 2.75) is 26.4 Å². The van der Waals surface area contributed by atoms with Crippen molar-refractivity contribution in [3.8, 4) is 5.75 Å². The molecule has 0 fully saturated rings. The summed E-state index contributed by atoms with van der Waals surface area (Å²) in [6, 6.07) is 3.03. The zero-order chi connectivity index (χ0) is 13.0. The zero-order valence-electron chi connectivity index (χ0n) is 8.92. The van der Waals surface area contributed by atoms with E-state index in [0.717, 1.165) is 12.1 Å². The Morgan fingerprint density at radius 3 is 2.41 bits per heavy atom. The van der Waals surface area contributed by atoms with Crippen molar-refractivity contribution in [2.75, 3.05) is 0 Å². The molecule has 0 saturated carbocycles. The van der Waals surface area contributed by atoms with Crippen molar-refractivity contribution < 1.29 is 27.1 Å². The van der Waals surface area contributed by atoms with Crippen molar-refractivity contribution >= 4 is 5.78 Å². The second-order valence-electron chi connectivity index (χ2n) is 3.21. The summed E-state index contributed by atoms with van der Waals surface area (Å²) in [5.74, 6) is -0.946. The Kier molecular flexibility index (Phi) is 4.48. The van der Waals surface area contributed by atoms with E-state index in [1.165, 1.54) is 6.07 Å². The van der Waals surface area contributed by atoms with Gasteiger partial charge in [0.2, 0.25) is 0 Å². The van der Waals surface area contributed by atoms with Gasteiger partial charge in [0.05, 0.1) is 5.56 Å². The maximum Gasteiger partial charge on any atom is 0.387 e. The molecule has 0 radical (unpaired) electrons. The van der Waals surface area contributed by atoms with Gasteiger partial charge in [0.25, 0.3) is 6.43 Å². The topological polar surface area (TPSA) is 26.3 Å². The van der Waals surface area contributed by atoms with Gasteiger partial charge >= 0.3 is 6.61 Å². The van der Waals surface area contributed by atoms with Crippen LogP contribution in [0.3, 0.4) is 0 Å². The van der Waals surface area contributed by atoms with Crippen molar-refractivity contribution in [1.82, 2.24) is 0 Å². The number of ketones is 1. The van der Waals surface area contributed by atoms with E-state index in [-0.39, 0.29) is 17.8 Å². The van der Waals surface area contributed by atoms with Gasteiger partial charge in [-0.05, 0) is 18.2 Å². The molecule has 1 aromatic rings. The Labute approximate surface area is 95.2 Å². The zero-order valence-corrected chi connectivity index (χ0v) is 8.92. The molecule has 0 aromatic heterocycles. The number of halogens is 4. The number of carbonyl (C=O) groups excluding carboxylic acids is 1. The molecule has 0 heterocycles. The molecular formula is C11H10F4O2. The van der Waals surface area contributed by atoms with Crippen LogP contribution < -0.4 is 4.74 Å². The van der Waals surface area contributed by atoms with Crippen molar-refractivity contribution in [3.05, 3.63) is 29.3 Å². The average Bonchev–Trinajstić information content (AvgIpc) is 2.27. The highest BCUT2D eigenvalue weighted by atomic mass is 19.3. The maximum atomic E-state index is 12.6. The molecule has 1 rings (SSSR count). The summed E-state index contributed by atoms with van der Waals surface area (Å²) in [6.07, 6.45) is -2.83. The number of Topliss-reactive ketones (excluding diaryl/α,β-unsaturated/α-hetero) is 1. The monoisotopic (exact) mass is 250 g/mol. The number of carbonyl (C=O) groups is 1. The highest BCUT2D eigenvalue weighted by Gasteiger charge is 2.19. The minimum absolute atomic E-state index is 0.0596. The molecule has 6 heteroatoms. The first kappa shape index (κ1) is 13.5. The van der Waals surface area contributed by atoms with E-state index in [9.17, 15) is 22.4 Å². The number of hydrogen-bond acceptors (Lipinski definition) is 2. The fourth-order valence-electron chi connectivity index (χ4n) is 1.30. The Bertz CT molecular complexity index is 404. The van der Waals surface area contributed by atoms with Crippen LogP contribution in [0.25, 0.3) is 0 Å². The molecule has 94 valence electrons. The Morgan fingerprint density at radius 1 is 1.29 bits per heavy atom. The third-order valence-corrected chi connectivity index (χ3v) is 2.10. The van der Waals surface area contributed by atoms with E-state index >= 15 is 0 Å². The average molecular weight is 250 g/mol. The molecule has 17 heavy (non-hydrogen) atoms. The SMILES string of the molecule is CCC(=O)c1ccc(OC(F)F)c(C(F)F)c1. The maximum absolute atomic E-state index is 12.6. The molecule has 0 saturated heterocycles. The number of alkyl halides is 4. The van der Waals surface area contributed by atoms with Crippen molar-refractivity contribution in [1.29, 1.82) is 0 Å². The molecule has 0 atom stereocenters. The molecule has 2 nitrogen and oxygen atoms in total. The van der Waals surface area contributed by atoms with Crippen LogP contribution in [0.2, 0.25) is 0 Å². The highest BCUT2D eigenvalue weighted by Crippen LogP contribution is 2.31. The lowest BCUT2D eigenvalue weighted by atomic mass is 10.1. The van der Waals surface area contributed by atoms with Crippen LogP contribution in [-0.4, -0.2) is 12.4 Å². The lowest BCUT2D eigenvalue weighted by Gasteiger charge is -2.11. The van der Waals surface area contributed by atoms with E-state index in [0.29, 0.717) is 0 Å². The van der Waals surface area contributed by atoms with Gasteiger partial charge in [0.15, 0.2) is 5.78 Å². The summed E-state index contributed by atoms with van der Waals surface area (Å²) in [5, 5.41) is 0. The summed E-state index contributed by atoms with van der Waals surface area (Å²) in [5.41, 5.74) is -0.644. The number of rotatable bonds is 5. The second-order valence-corrected chi connectivity index (χ2v) is 3.21. The normalized spacial score (nSPS) is 11.0. The largest absolute Gasteiger partial charge is 0.434 e. The molecule has 0 aliphatic rings. The summed E-state index contributed by atoms with van der Waals surface area (Å²) in [4.78, 5) is 11.3. The first-order valence-corrected chi connectivity index (χ1v) is 4.85. The summed E-state index contributed by atoms with van der Waals surface area (Å²) in [6.45, 7) is -1.60. The molecule has 0 amide bonds. The summed E-state index contributed by atoms with van der Waals surface area (Å²) < 4.78 is 53.0. The Morgan fingerprint density at radius 2 is 1.94 bits per heavy atom. The van der Waals surface area contributed by atoms with Crippen LogP contribution in [0.15, 0.2) is 18.2 Å². The van der Waals surface area contributed by atoms with Gasteiger partial charge in [-0.15, -0.1) is 0 Å². The van der Waals surface area contributed by atoms with Crippen LogP contribution in [0.1, 0.15) is 35.7 Å². The summed E-state index contributed by atoms with van der Waals surface area (Å²) in [7, 11) is 0. The highest BCUT2D eigenvalue weighted by molar-refractivity contribution is 5.96. The predicted octanol–water partition coefficient (Wildman–Crippen LogP) is 3.82. The molecule has 0 N–H and O–H groups in total. The first-order valence-electron chi connectivity index (χ1n) is 4.85. The number of hydrogen-bond donors (Lipinski definition) is 0. The minimum atomic E-state index is -3.18. The molecule has 0 aliphatic heterocycles. The van der Waals surface area contributed by atoms with Gasteiger partial charge in [0.1, 0.15) is 5.75 Å². The number of benzene rings is 1. The fourth-order valence-corrected chi connectivity index (χ4v) is 1.30. The molecule has 1 aromatic carbocycles. The molecule has 0 spiro atoms. The third kappa shape index (κ3) is 3.44. The second kappa shape index (κ2) is 5.65. The number of ether oxygens (including phenoxy) is 1. The quantitative estimate of drug-likeness (QED) is 0.586. The van der Waals surface area contributed by atoms with E-state index in [1.807, 2.05) is 0 Å². The van der Waals surface area contributed by atoms with Gasteiger partial charge in [-0.3, -0.25) is 4.79 Å². The van der Waals surface area contributed by atoms with Gasteiger partial charge in [-0.2, -0.15) is 8.78 Å². The summed E-state index contributed by atoms with van der Waals surface area (Å²) >= 11 is 0. The van der Waals surface area contributed by atoms with Crippen molar-refractivity contribution in [3.63, 3.8) is 0 Å². The van der Waals surface area contributed by atoms with Crippen LogP contribution in [0.5, 0.6) is 5.75 Å². The minimum Gasteiger partial charge on any atom is -0.434 e. The molecular weight excluding hydrogens is 240 g/mol. The fraction of sp³-hybridized carbons (Fsp3) is 0.364. The molecule has 0 unspecified atom stereocenters.